The molecule has 0 saturated carbocycles. The molecule has 6 heteroatoms. The Hall–Kier alpha value is -2.00. The molecule has 0 spiro atoms. The topological polar surface area (TPSA) is 49.3 Å². The van der Waals surface area contributed by atoms with Crippen molar-refractivity contribution in [1.29, 1.82) is 0 Å². The Balaban J connectivity index is 2.66. The first-order valence-corrected chi connectivity index (χ1v) is 6.39. The largest absolute Gasteiger partial charge is 0.389 e. The van der Waals surface area contributed by atoms with Crippen molar-refractivity contribution in [2.45, 2.75) is 25.9 Å². The highest BCUT2D eigenvalue weighted by Gasteiger charge is 2.26. The van der Waals surface area contributed by atoms with E-state index in [9.17, 15) is 18.0 Å². The van der Waals surface area contributed by atoms with Crippen LogP contribution in [0.2, 0.25) is 0 Å². The van der Waals surface area contributed by atoms with E-state index >= 15 is 0 Å². The van der Waals surface area contributed by atoms with Crippen LogP contribution in [0.5, 0.6) is 0 Å². The van der Waals surface area contributed by atoms with Crippen LogP contribution in [0.3, 0.4) is 0 Å². The predicted molar refractivity (Wildman–Crippen MR) is 72.8 cm³/mol. The van der Waals surface area contributed by atoms with Gasteiger partial charge < -0.3 is 10.4 Å². The highest BCUT2D eigenvalue weighted by Crippen LogP contribution is 2.20. The lowest BCUT2D eigenvalue weighted by Crippen LogP contribution is -2.26. The van der Waals surface area contributed by atoms with Crippen molar-refractivity contribution >= 4 is 5.91 Å². The molecule has 1 rings (SSSR count). The zero-order valence-electron chi connectivity index (χ0n) is 11.5. The lowest BCUT2D eigenvalue weighted by molar-refractivity contribution is -0.135. The molecule has 0 bridgehead atoms. The first-order valence-electron chi connectivity index (χ1n) is 6.39. The van der Waals surface area contributed by atoms with Crippen LogP contribution in [0.15, 0.2) is 18.2 Å². The molecule has 0 aliphatic rings. The van der Waals surface area contributed by atoms with Gasteiger partial charge in [-0.1, -0.05) is 17.9 Å². The number of carbonyl (C=O) groups is 1. The van der Waals surface area contributed by atoms with Gasteiger partial charge >= 0.3 is 6.18 Å². The van der Waals surface area contributed by atoms with E-state index in [1.165, 1.54) is 0 Å². The van der Waals surface area contributed by atoms with Crippen molar-refractivity contribution in [1.82, 2.24) is 5.32 Å². The third kappa shape index (κ3) is 5.88. The molecule has 2 N–H and O–H groups in total. The second-order valence-electron chi connectivity index (χ2n) is 4.41. The number of aliphatic hydroxyl groups is 1. The summed E-state index contributed by atoms with van der Waals surface area (Å²) in [4.78, 5) is 11.9. The molecule has 0 unspecified atom stereocenters. The lowest BCUT2D eigenvalue weighted by Gasteiger charge is -2.10. The van der Waals surface area contributed by atoms with Gasteiger partial charge in [0.15, 0.2) is 0 Å². The number of hydrogen-bond acceptors (Lipinski definition) is 2. The fourth-order valence-electron chi connectivity index (χ4n) is 1.74. The predicted octanol–water partition coefficient (Wildman–Crippen LogP) is 2.41. The third-order valence-electron chi connectivity index (χ3n) is 2.80. The van der Waals surface area contributed by atoms with E-state index in [1.54, 1.807) is 25.1 Å². The Morgan fingerprint density at radius 1 is 1.38 bits per heavy atom. The summed E-state index contributed by atoms with van der Waals surface area (Å²) in [7, 11) is 0. The molecule has 21 heavy (non-hydrogen) atoms. The van der Waals surface area contributed by atoms with Crippen LogP contribution < -0.4 is 5.32 Å². The standard InChI is InChI=1S/C15H16F3NO2/c1-11-12(6-3-10-20)5-2-7-13(11)14(21)19-9-4-8-15(16,17)18/h2,5,7,20H,4,8-10H2,1H3,(H,19,21). The summed E-state index contributed by atoms with van der Waals surface area (Å²) < 4.78 is 36.0. The van der Waals surface area contributed by atoms with E-state index in [0.717, 1.165) is 0 Å². The van der Waals surface area contributed by atoms with E-state index in [-0.39, 0.29) is 19.6 Å². The molecule has 0 saturated heterocycles. The molecule has 114 valence electrons. The van der Waals surface area contributed by atoms with Crippen molar-refractivity contribution in [2.24, 2.45) is 0 Å². The quantitative estimate of drug-likeness (QED) is 0.662. The minimum atomic E-state index is -4.21. The Bertz CT molecular complexity index is 556. The number of aliphatic hydroxyl groups excluding tert-OH is 1. The number of alkyl halides is 3. The Kier molecular flexibility index (Phi) is 6.25. The maximum absolute atomic E-state index is 12.0. The van der Waals surface area contributed by atoms with Gasteiger partial charge in [-0.2, -0.15) is 13.2 Å². The summed E-state index contributed by atoms with van der Waals surface area (Å²) in [5.41, 5.74) is 1.60. The molecule has 0 heterocycles. The van der Waals surface area contributed by atoms with E-state index < -0.39 is 18.5 Å². The van der Waals surface area contributed by atoms with Crippen LogP contribution in [0.4, 0.5) is 13.2 Å². The number of benzene rings is 1. The monoisotopic (exact) mass is 299 g/mol. The number of carbonyl (C=O) groups excluding carboxylic acids is 1. The van der Waals surface area contributed by atoms with Crippen molar-refractivity contribution in [2.75, 3.05) is 13.2 Å². The second-order valence-corrected chi connectivity index (χ2v) is 4.41. The maximum Gasteiger partial charge on any atom is 0.389 e. The molecule has 1 aromatic carbocycles. The van der Waals surface area contributed by atoms with Gasteiger partial charge in [0.2, 0.25) is 0 Å². The average molecular weight is 299 g/mol. The Morgan fingerprint density at radius 2 is 2.10 bits per heavy atom. The lowest BCUT2D eigenvalue weighted by atomic mass is 10.0. The fraction of sp³-hybridized carbons (Fsp3) is 0.400. The van der Waals surface area contributed by atoms with Gasteiger partial charge in [0.05, 0.1) is 0 Å². The SMILES string of the molecule is Cc1c(C#CCO)cccc1C(=O)NCCCC(F)(F)F. The van der Waals surface area contributed by atoms with Gasteiger partial charge in [-0.3, -0.25) is 4.79 Å². The van der Waals surface area contributed by atoms with Crippen LogP contribution in [-0.2, 0) is 0 Å². The summed E-state index contributed by atoms with van der Waals surface area (Å²) in [5.74, 6) is 4.78. The van der Waals surface area contributed by atoms with Crippen LogP contribution >= 0.6 is 0 Å². The second kappa shape index (κ2) is 7.70. The summed E-state index contributed by atoms with van der Waals surface area (Å²) in [5, 5.41) is 11.1. The minimum Gasteiger partial charge on any atom is -0.384 e. The highest BCUT2D eigenvalue weighted by atomic mass is 19.4. The fourth-order valence-corrected chi connectivity index (χ4v) is 1.74. The van der Waals surface area contributed by atoms with Gasteiger partial charge in [0, 0.05) is 24.1 Å². The summed E-state index contributed by atoms with van der Waals surface area (Å²) >= 11 is 0. The molecule has 0 aromatic heterocycles. The van der Waals surface area contributed by atoms with E-state index in [1.807, 2.05) is 0 Å². The molecule has 0 fully saturated rings. The molecule has 0 aliphatic heterocycles. The third-order valence-corrected chi connectivity index (χ3v) is 2.80. The summed E-state index contributed by atoms with van der Waals surface area (Å²) in [6.07, 6.45) is -5.28. The van der Waals surface area contributed by atoms with Gasteiger partial charge in [-0.05, 0) is 31.0 Å². The van der Waals surface area contributed by atoms with Crippen molar-refractivity contribution in [3.8, 4) is 11.8 Å². The number of halogens is 3. The maximum atomic E-state index is 12.0. The Labute approximate surface area is 121 Å². The molecule has 0 aliphatic carbocycles. The first kappa shape index (κ1) is 17.1. The molecule has 0 atom stereocenters. The normalized spacial score (nSPS) is 10.7. The van der Waals surface area contributed by atoms with Crippen LogP contribution in [0.25, 0.3) is 0 Å². The van der Waals surface area contributed by atoms with E-state index in [4.69, 9.17) is 5.11 Å². The zero-order valence-corrected chi connectivity index (χ0v) is 11.5. The van der Waals surface area contributed by atoms with Gasteiger partial charge in [-0.15, -0.1) is 0 Å². The van der Waals surface area contributed by atoms with Crippen molar-refractivity contribution < 1.29 is 23.1 Å². The summed E-state index contributed by atoms with van der Waals surface area (Å²) in [6.45, 7) is 1.38. The van der Waals surface area contributed by atoms with Crippen LogP contribution in [0, 0.1) is 18.8 Å². The summed E-state index contributed by atoms with van der Waals surface area (Å²) in [6, 6.07) is 4.93. The van der Waals surface area contributed by atoms with E-state index in [0.29, 0.717) is 16.7 Å². The molecule has 1 amide bonds. The van der Waals surface area contributed by atoms with Gasteiger partial charge in [0.25, 0.3) is 5.91 Å². The number of rotatable bonds is 4. The average Bonchev–Trinajstić information content (AvgIpc) is 2.41. The van der Waals surface area contributed by atoms with Gasteiger partial charge in [0.1, 0.15) is 6.61 Å². The van der Waals surface area contributed by atoms with Gasteiger partial charge in [-0.25, -0.2) is 0 Å². The molecular weight excluding hydrogens is 283 g/mol. The number of nitrogens with one attached hydrogen (secondary N) is 1. The molecule has 3 nitrogen and oxygen atoms in total. The number of hydrogen-bond donors (Lipinski definition) is 2. The van der Waals surface area contributed by atoms with Crippen LogP contribution in [-0.4, -0.2) is 30.3 Å². The van der Waals surface area contributed by atoms with Crippen molar-refractivity contribution in [3.05, 3.63) is 34.9 Å². The molecular formula is C15H16F3NO2. The smallest absolute Gasteiger partial charge is 0.384 e. The van der Waals surface area contributed by atoms with Crippen molar-refractivity contribution in [3.63, 3.8) is 0 Å². The zero-order chi connectivity index (χ0) is 15.9. The van der Waals surface area contributed by atoms with E-state index in [2.05, 4.69) is 17.2 Å². The van der Waals surface area contributed by atoms with Crippen LogP contribution in [0.1, 0.15) is 34.3 Å². The minimum absolute atomic E-state index is 0.0374. The molecule has 0 radical (unpaired) electrons. The Morgan fingerprint density at radius 3 is 2.71 bits per heavy atom. The highest BCUT2D eigenvalue weighted by molar-refractivity contribution is 5.96. The molecule has 1 aromatic rings. The number of amides is 1. The first-order chi connectivity index (χ1) is 9.85.